The third-order valence-electron chi connectivity index (χ3n) is 9.19. The molecule has 8 heteroatoms. The van der Waals surface area contributed by atoms with Crippen LogP contribution < -0.4 is 10.6 Å². The number of hydrogen-bond acceptors (Lipinski definition) is 7. The van der Waals surface area contributed by atoms with E-state index in [1.165, 1.54) is 50.6 Å². The zero-order valence-corrected chi connectivity index (χ0v) is 23.1. The van der Waals surface area contributed by atoms with Gasteiger partial charge in [-0.15, -0.1) is 4.33 Å². The fourth-order valence-electron chi connectivity index (χ4n) is 7.55. The standard InChI is InChI=1S/C30H33N3O4S/c1-29(2)21-13-17(16-31)5-7-23(21)32-11-9-25-19(27(29)32)15-20-26(35-25)10-12-33-24-8-6-18(38-37-36-34)14-22(24)30(3,4)28(20)33/h5-8,13-15,25-26H,9-12,16,31H2,1-4H3/p+1. The Balaban J connectivity index is 1.37. The molecule has 0 radical (unpaired) electrons. The number of allylic oxidation sites excluding steroid dienone is 1. The molecule has 2 aromatic rings. The maximum Gasteiger partial charge on any atom is 0.209 e. The lowest BCUT2D eigenvalue weighted by molar-refractivity contribution is -0.445. The van der Waals surface area contributed by atoms with Crippen LogP contribution in [0.2, 0.25) is 0 Å². The molecule has 5 aliphatic heterocycles. The highest BCUT2D eigenvalue weighted by Gasteiger charge is 2.54. The smallest absolute Gasteiger partial charge is 0.209 e. The summed E-state index contributed by atoms with van der Waals surface area (Å²) in [4.78, 5) is 3.36. The zero-order chi connectivity index (χ0) is 26.4. The summed E-state index contributed by atoms with van der Waals surface area (Å²) in [7, 11) is 0. The van der Waals surface area contributed by atoms with Crippen LogP contribution in [0.15, 0.2) is 64.2 Å². The van der Waals surface area contributed by atoms with Crippen LogP contribution in [0.5, 0.6) is 0 Å². The van der Waals surface area contributed by atoms with Crippen molar-refractivity contribution in [2.75, 3.05) is 18.0 Å². The average Bonchev–Trinajstić information content (AvgIpc) is 3.29. The van der Waals surface area contributed by atoms with Gasteiger partial charge >= 0.3 is 0 Å². The number of nitrogens with two attached hydrogens (primary N) is 1. The molecular weight excluding hydrogens is 498 g/mol. The van der Waals surface area contributed by atoms with Gasteiger partial charge in [-0.3, -0.25) is 0 Å². The van der Waals surface area contributed by atoms with Crippen LogP contribution >= 0.6 is 12.0 Å². The maximum atomic E-state index is 8.61. The molecule has 7 rings (SSSR count). The van der Waals surface area contributed by atoms with Crippen molar-refractivity contribution in [3.63, 3.8) is 0 Å². The van der Waals surface area contributed by atoms with E-state index in [0.717, 1.165) is 42.9 Å². The summed E-state index contributed by atoms with van der Waals surface area (Å²) in [6.45, 7) is 11.7. The molecule has 0 aliphatic carbocycles. The summed E-state index contributed by atoms with van der Waals surface area (Å²) < 4.78 is 14.2. The molecule has 2 atom stereocenters. The van der Waals surface area contributed by atoms with Gasteiger partial charge in [0.05, 0.1) is 29.7 Å². The van der Waals surface area contributed by atoms with Gasteiger partial charge in [0.1, 0.15) is 0 Å². The van der Waals surface area contributed by atoms with E-state index in [-0.39, 0.29) is 23.0 Å². The van der Waals surface area contributed by atoms with Gasteiger partial charge in [-0.05, 0) is 61.7 Å². The second-order valence-corrected chi connectivity index (χ2v) is 12.7. The van der Waals surface area contributed by atoms with Crippen LogP contribution in [0, 0.1) is 0 Å². The van der Waals surface area contributed by atoms with Crippen LogP contribution in [-0.4, -0.2) is 40.8 Å². The van der Waals surface area contributed by atoms with E-state index in [1.807, 2.05) is 6.07 Å². The largest absolute Gasteiger partial charge is 0.365 e. The lowest BCUT2D eigenvalue weighted by Crippen LogP contribution is -2.47. The first kappa shape index (κ1) is 24.6. The van der Waals surface area contributed by atoms with Crippen molar-refractivity contribution in [3.8, 4) is 0 Å². The van der Waals surface area contributed by atoms with Crippen molar-refractivity contribution in [3.05, 3.63) is 76.0 Å². The average molecular weight is 533 g/mol. The first-order valence-electron chi connectivity index (χ1n) is 13.4. The summed E-state index contributed by atoms with van der Waals surface area (Å²) >= 11 is 1.00. The molecule has 3 N–H and O–H groups in total. The number of anilines is 1. The maximum absolute atomic E-state index is 8.61. The second kappa shape index (κ2) is 8.52. The van der Waals surface area contributed by atoms with Gasteiger partial charge in [-0.1, -0.05) is 25.0 Å². The van der Waals surface area contributed by atoms with Gasteiger partial charge in [0.25, 0.3) is 0 Å². The van der Waals surface area contributed by atoms with E-state index >= 15 is 0 Å². The molecule has 2 aromatic carbocycles. The predicted octanol–water partition coefficient (Wildman–Crippen LogP) is 5.50. The van der Waals surface area contributed by atoms with Crippen LogP contribution in [-0.2, 0) is 31.5 Å². The molecule has 198 valence electrons. The Morgan fingerprint density at radius 1 is 1.08 bits per heavy atom. The molecule has 0 saturated heterocycles. The number of nitrogens with zero attached hydrogens (tertiary/aromatic N) is 2. The Kier molecular flexibility index (Phi) is 5.51. The lowest BCUT2D eigenvalue weighted by Gasteiger charge is -2.42. The van der Waals surface area contributed by atoms with Crippen LogP contribution in [0.1, 0.15) is 57.2 Å². The van der Waals surface area contributed by atoms with Gasteiger partial charge in [0, 0.05) is 64.0 Å². The van der Waals surface area contributed by atoms with Gasteiger partial charge < -0.3 is 15.4 Å². The minimum atomic E-state index is -0.212. The third kappa shape index (κ3) is 3.31. The van der Waals surface area contributed by atoms with Crippen molar-refractivity contribution in [2.45, 2.75) is 75.0 Å². The van der Waals surface area contributed by atoms with Crippen LogP contribution in [0.4, 0.5) is 11.4 Å². The number of hydrogen-bond donors (Lipinski definition) is 2. The highest BCUT2D eigenvalue weighted by Crippen LogP contribution is 2.54. The fourth-order valence-corrected chi connectivity index (χ4v) is 7.95. The summed E-state index contributed by atoms with van der Waals surface area (Å²) in [5.74, 6) is 0. The van der Waals surface area contributed by atoms with E-state index in [9.17, 15) is 0 Å². The fraction of sp³-hybridized carbons (Fsp3) is 0.433. The van der Waals surface area contributed by atoms with Crippen molar-refractivity contribution in [2.24, 2.45) is 5.73 Å². The SMILES string of the molecule is CC1(C)C2=C3C=C4C5=[N+](CCC4OC3CCN2c2ccc(SOOO)cc21)c1ccc(CN)cc1C5(C)C. The topological polar surface area (TPSA) is 80.2 Å². The van der Waals surface area contributed by atoms with E-state index in [2.05, 4.69) is 78.6 Å². The quantitative estimate of drug-likeness (QED) is 0.233. The van der Waals surface area contributed by atoms with Crippen LogP contribution in [0.25, 0.3) is 0 Å². The molecule has 0 saturated carbocycles. The van der Waals surface area contributed by atoms with Gasteiger partial charge in [-0.2, -0.15) is 4.58 Å². The van der Waals surface area contributed by atoms with Crippen molar-refractivity contribution >= 4 is 29.1 Å². The van der Waals surface area contributed by atoms with Gasteiger partial charge in [0.15, 0.2) is 12.3 Å². The van der Waals surface area contributed by atoms with Crippen molar-refractivity contribution in [1.82, 2.24) is 0 Å². The third-order valence-corrected chi connectivity index (χ3v) is 9.76. The van der Waals surface area contributed by atoms with E-state index in [1.54, 1.807) is 0 Å². The highest BCUT2D eigenvalue weighted by molar-refractivity contribution is 7.94. The van der Waals surface area contributed by atoms with E-state index in [0.29, 0.717) is 6.54 Å². The molecule has 0 amide bonds. The molecule has 5 aliphatic rings. The van der Waals surface area contributed by atoms with E-state index in [4.69, 9.17) is 20.1 Å². The zero-order valence-electron chi connectivity index (χ0n) is 22.3. The van der Waals surface area contributed by atoms with E-state index < -0.39 is 0 Å². The van der Waals surface area contributed by atoms with Crippen molar-refractivity contribution in [1.29, 1.82) is 0 Å². The lowest BCUT2D eigenvalue weighted by atomic mass is 9.73. The predicted molar refractivity (Wildman–Crippen MR) is 148 cm³/mol. The Hall–Kier alpha value is -2.46. The minimum Gasteiger partial charge on any atom is -0.365 e. The van der Waals surface area contributed by atoms with Gasteiger partial charge in [0.2, 0.25) is 5.69 Å². The Bertz CT molecular complexity index is 1460. The summed E-state index contributed by atoms with van der Waals surface area (Å²) in [5.41, 5.74) is 17.3. The first-order chi connectivity index (χ1) is 18.3. The Labute approximate surface area is 227 Å². The minimum absolute atomic E-state index is 0.103. The Morgan fingerprint density at radius 3 is 2.71 bits per heavy atom. The highest BCUT2D eigenvalue weighted by atomic mass is 32.2. The number of rotatable bonds is 4. The molecule has 7 nitrogen and oxygen atoms in total. The summed E-state index contributed by atoms with van der Waals surface area (Å²) in [6.07, 6.45) is 4.66. The molecule has 0 spiro atoms. The normalized spacial score (nSPS) is 25.8. The number of ether oxygens (including phenoxy) is 1. The number of benzene rings is 2. The van der Waals surface area contributed by atoms with Crippen molar-refractivity contribution < 1.29 is 23.9 Å². The molecule has 5 heterocycles. The first-order valence-corrected chi connectivity index (χ1v) is 14.2. The number of fused-ring (bicyclic) bond motifs is 8. The molecule has 2 unspecified atom stereocenters. The monoisotopic (exact) mass is 532 g/mol. The molecule has 38 heavy (non-hydrogen) atoms. The Morgan fingerprint density at radius 2 is 1.92 bits per heavy atom. The second-order valence-electron chi connectivity index (χ2n) is 12.0. The summed E-state index contributed by atoms with van der Waals surface area (Å²) in [5, 5.41) is 12.4. The molecule has 0 bridgehead atoms. The molecular formula is C30H34N3O4S+. The molecule has 0 fully saturated rings. The van der Waals surface area contributed by atoms with Gasteiger partial charge in [-0.25, -0.2) is 5.26 Å². The molecule has 0 aromatic heterocycles. The van der Waals surface area contributed by atoms with Crippen LogP contribution in [0.3, 0.4) is 0 Å². The summed E-state index contributed by atoms with van der Waals surface area (Å²) in [6, 6.07) is 13.0.